The van der Waals surface area contributed by atoms with Gasteiger partial charge in [-0.1, -0.05) is 30.3 Å². The Morgan fingerprint density at radius 3 is 2.48 bits per heavy atom. The Kier molecular flexibility index (Phi) is 5.08. The van der Waals surface area contributed by atoms with Crippen LogP contribution in [0, 0.1) is 0 Å². The van der Waals surface area contributed by atoms with Gasteiger partial charge in [0.2, 0.25) is 6.79 Å². The second kappa shape index (κ2) is 7.42. The number of aliphatic carboxylic acids is 1. The highest BCUT2D eigenvalue weighted by Crippen LogP contribution is 2.36. The van der Waals surface area contributed by atoms with E-state index < -0.39 is 5.97 Å². The van der Waals surface area contributed by atoms with Gasteiger partial charge in [0.25, 0.3) is 0 Å². The normalized spacial score (nSPS) is 12.3. The van der Waals surface area contributed by atoms with Gasteiger partial charge in [-0.3, -0.25) is 4.79 Å². The summed E-state index contributed by atoms with van der Waals surface area (Å²) in [5.41, 5.74) is 3.64. The quantitative estimate of drug-likeness (QED) is 0.789. The number of fused-ring (bicyclic) bond motifs is 1. The number of hydrogen-bond donors (Lipinski definition) is 1. The third-order valence-electron chi connectivity index (χ3n) is 3.67. The van der Waals surface area contributed by atoms with Crippen LogP contribution < -0.4 is 9.47 Å². The van der Waals surface area contributed by atoms with Crippen LogP contribution in [0.4, 0.5) is 0 Å². The summed E-state index contributed by atoms with van der Waals surface area (Å²) in [6, 6.07) is 14.4. The standard InChI is InChI=1S/C18H18O4S/c19-18(20)11-23-7-6-14-9-16-17(22-12-21-16)10-15(14)8-13-4-2-1-3-5-13/h1-5,9-10H,6-8,11-12H2,(H,19,20). The highest BCUT2D eigenvalue weighted by molar-refractivity contribution is 7.99. The minimum absolute atomic E-state index is 0.137. The van der Waals surface area contributed by atoms with Crippen molar-refractivity contribution in [3.63, 3.8) is 0 Å². The van der Waals surface area contributed by atoms with Crippen molar-refractivity contribution in [3.8, 4) is 11.5 Å². The van der Waals surface area contributed by atoms with Gasteiger partial charge in [0, 0.05) is 0 Å². The molecule has 3 rings (SSSR count). The zero-order chi connectivity index (χ0) is 16.1. The molecule has 0 aromatic heterocycles. The van der Waals surface area contributed by atoms with Crippen LogP contribution in [-0.4, -0.2) is 29.4 Å². The third kappa shape index (κ3) is 4.20. The van der Waals surface area contributed by atoms with Gasteiger partial charge in [-0.2, -0.15) is 0 Å². The first-order valence-electron chi connectivity index (χ1n) is 7.47. The average molecular weight is 330 g/mol. The Morgan fingerprint density at radius 1 is 1.09 bits per heavy atom. The van der Waals surface area contributed by atoms with Crippen LogP contribution in [0.1, 0.15) is 16.7 Å². The molecule has 0 unspecified atom stereocenters. The molecule has 0 radical (unpaired) electrons. The fourth-order valence-corrected chi connectivity index (χ4v) is 3.26. The van der Waals surface area contributed by atoms with E-state index in [1.54, 1.807) is 0 Å². The Labute approximate surface area is 139 Å². The first-order valence-corrected chi connectivity index (χ1v) is 8.62. The Hall–Kier alpha value is -2.14. The zero-order valence-electron chi connectivity index (χ0n) is 12.7. The molecule has 0 aliphatic carbocycles. The van der Waals surface area contributed by atoms with Gasteiger partial charge >= 0.3 is 5.97 Å². The van der Waals surface area contributed by atoms with E-state index in [0.717, 1.165) is 30.1 Å². The highest BCUT2D eigenvalue weighted by atomic mass is 32.2. The molecule has 0 bridgehead atoms. The minimum atomic E-state index is -0.773. The van der Waals surface area contributed by atoms with Crippen LogP contribution in [0.25, 0.3) is 0 Å². The lowest BCUT2D eigenvalue weighted by molar-refractivity contribution is -0.133. The Balaban J connectivity index is 1.77. The first-order chi connectivity index (χ1) is 11.2. The predicted octanol–water partition coefficient (Wildman–Crippen LogP) is 3.37. The first kappa shape index (κ1) is 15.7. The van der Waals surface area contributed by atoms with Crippen molar-refractivity contribution in [1.29, 1.82) is 0 Å². The summed E-state index contributed by atoms with van der Waals surface area (Å²) in [6.07, 6.45) is 1.65. The van der Waals surface area contributed by atoms with E-state index in [4.69, 9.17) is 14.6 Å². The van der Waals surface area contributed by atoms with Crippen LogP contribution in [0.3, 0.4) is 0 Å². The van der Waals surface area contributed by atoms with Crippen molar-refractivity contribution in [3.05, 3.63) is 59.2 Å². The molecule has 4 nitrogen and oxygen atoms in total. The van der Waals surface area contributed by atoms with Gasteiger partial charge in [0.05, 0.1) is 5.75 Å². The number of carboxylic acids is 1. The van der Waals surface area contributed by atoms with Crippen molar-refractivity contribution in [2.24, 2.45) is 0 Å². The summed E-state index contributed by atoms with van der Waals surface area (Å²) in [5, 5.41) is 8.73. The molecule has 23 heavy (non-hydrogen) atoms. The molecule has 0 atom stereocenters. The fraction of sp³-hybridized carbons (Fsp3) is 0.278. The Bertz CT molecular complexity index is 685. The molecule has 0 saturated heterocycles. The molecule has 2 aromatic carbocycles. The summed E-state index contributed by atoms with van der Waals surface area (Å²) >= 11 is 1.43. The molecular weight excluding hydrogens is 312 g/mol. The number of ether oxygens (including phenoxy) is 2. The summed E-state index contributed by atoms with van der Waals surface area (Å²) in [7, 11) is 0. The highest BCUT2D eigenvalue weighted by Gasteiger charge is 2.17. The van der Waals surface area contributed by atoms with Gasteiger partial charge in [0.15, 0.2) is 11.5 Å². The topological polar surface area (TPSA) is 55.8 Å². The number of carboxylic acid groups (broad SMARTS) is 1. The van der Waals surface area contributed by atoms with Crippen molar-refractivity contribution < 1.29 is 19.4 Å². The largest absolute Gasteiger partial charge is 0.481 e. The maximum absolute atomic E-state index is 10.6. The lowest BCUT2D eigenvalue weighted by Crippen LogP contribution is -2.02. The fourth-order valence-electron chi connectivity index (χ4n) is 2.58. The van der Waals surface area contributed by atoms with Crippen molar-refractivity contribution >= 4 is 17.7 Å². The second-order valence-corrected chi connectivity index (χ2v) is 6.44. The maximum atomic E-state index is 10.6. The summed E-state index contributed by atoms with van der Waals surface area (Å²) in [5.74, 6) is 1.70. The molecule has 5 heteroatoms. The van der Waals surface area contributed by atoms with E-state index in [0.29, 0.717) is 0 Å². The predicted molar refractivity (Wildman–Crippen MR) is 90.5 cm³/mol. The smallest absolute Gasteiger partial charge is 0.313 e. The average Bonchev–Trinajstić information content (AvgIpc) is 2.99. The van der Waals surface area contributed by atoms with Crippen LogP contribution in [-0.2, 0) is 17.6 Å². The van der Waals surface area contributed by atoms with E-state index in [9.17, 15) is 4.79 Å². The monoisotopic (exact) mass is 330 g/mol. The molecule has 0 spiro atoms. The molecule has 1 N–H and O–H groups in total. The lowest BCUT2D eigenvalue weighted by Gasteiger charge is -2.11. The minimum Gasteiger partial charge on any atom is -0.481 e. The van der Waals surface area contributed by atoms with Crippen LogP contribution in [0.2, 0.25) is 0 Å². The molecule has 120 valence electrons. The van der Waals surface area contributed by atoms with Crippen LogP contribution >= 0.6 is 11.8 Å². The van der Waals surface area contributed by atoms with Gasteiger partial charge in [-0.25, -0.2) is 0 Å². The van der Waals surface area contributed by atoms with Crippen molar-refractivity contribution in [2.75, 3.05) is 18.3 Å². The second-order valence-electron chi connectivity index (χ2n) is 5.33. The molecule has 0 fully saturated rings. The van der Waals surface area contributed by atoms with Crippen molar-refractivity contribution in [2.45, 2.75) is 12.8 Å². The van der Waals surface area contributed by atoms with Crippen LogP contribution in [0.5, 0.6) is 11.5 Å². The van der Waals surface area contributed by atoms with Gasteiger partial charge in [0.1, 0.15) is 0 Å². The lowest BCUT2D eigenvalue weighted by atomic mass is 9.97. The maximum Gasteiger partial charge on any atom is 0.313 e. The van der Waals surface area contributed by atoms with E-state index in [1.165, 1.54) is 28.5 Å². The van der Waals surface area contributed by atoms with Crippen LogP contribution in [0.15, 0.2) is 42.5 Å². The summed E-state index contributed by atoms with van der Waals surface area (Å²) < 4.78 is 10.9. The summed E-state index contributed by atoms with van der Waals surface area (Å²) in [4.78, 5) is 10.6. The molecule has 0 amide bonds. The van der Waals surface area contributed by atoms with E-state index in [-0.39, 0.29) is 12.5 Å². The number of rotatable bonds is 7. The molecule has 1 aliphatic rings. The van der Waals surface area contributed by atoms with E-state index in [1.807, 2.05) is 30.3 Å². The van der Waals surface area contributed by atoms with Gasteiger partial charge in [-0.15, -0.1) is 11.8 Å². The number of thioether (sulfide) groups is 1. The number of hydrogen-bond acceptors (Lipinski definition) is 4. The zero-order valence-corrected chi connectivity index (χ0v) is 13.5. The SMILES string of the molecule is O=C(O)CSCCc1cc2c(cc1Cc1ccccc1)OCO2. The molecular formula is C18H18O4S. The molecule has 0 saturated carbocycles. The number of aryl methyl sites for hydroxylation is 1. The van der Waals surface area contributed by atoms with Gasteiger partial charge < -0.3 is 14.6 Å². The molecule has 1 aliphatic heterocycles. The summed E-state index contributed by atoms with van der Waals surface area (Å²) in [6.45, 7) is 0.261. The van der Waals surface area contributed by atoms with Gasteiger partial charge in [-0.05, 0) is 47.4 Å². The molecule has 1 heterocycles. The Morgan fingerprint density at radius 2 is 1.78 bits per heavy atom. The molecule has 2 aromatic rings. The third-order valence-corrected chi connectivity index (χ3v) is 4.62. The van der Waals surface area contributed by atoms with E-state index in [2.05, 4.69) is 12.1 Å². The van der Waals surface area contributed by atoms with Crippen molar-refractivity contribution in [1.82, 2.24) is 0 Å². The number of benzene rings is 2. The van der Waals surface area contributed by atoms with E-state index >= 15 is 0 Å². The number of carbonyl (C=O) groups is 1.